The van der Waals surface area contributed by atoms with Gasteiger partial charge in [0.25, 0.3) is 12.4 Å². The van der Waals surface area contributed by atoms with E-state index in [0.717, 1.165) is 0 Å². The third kappa shape index (κ3) is 4.94. The number of carboxylic acid groups (broad SMARTS) is 1. The number of fused-ring (bicyclic) bond motifs is 1. The van der Waals surface area contributed by atoms with Crippen LogP contribution in [0, 0.1) is 0 Å². The molecule has 1 aliphatic rings. The number of carbonyl (C=O) groups excluding carboxylic acids is 1. The molecule has 1 aliphatic heterocycles. The van der Waals surface area contributed by atoms with Crippen molar-refractivity contribution in [2.45, 2.75) is 18.3 Å². The Morgan fingerprint density at radius 2 is 2.00 bits per heavy atom. The van der Waals surface area contributed by atoms with Gasteiger partial charge in [0.1, 0.15) is 29.1 Å². The van der Waals surface area contributed by atoms with Crippen molar-refractivity contribution in [3.63, 3.8) is 0 Å². The lowest BCUT2D eigenvalue weighted by atomic mass is 9.81. The fourth-order valence-corrected chi connectivity index (χ4v) is 3.25. The molecule has 3 heterocycles. The van der Waals surface area contributed by atoms with Crippen LogP contribution in [0.1, 0.15) is 28.3 Å². The fourth-order valence-electron chi connectivity index (χ4n) is 3.25. The minimum atomic E-state index is -4.80. The molecule has 3 aromatic rings. The highest BCUT2D eigenvalue weighted by molar-refractivity contribution is 5.91. The van der Waals surface area contributed by atoms with E-state index in [4.69, 9.17) is 14.6 Å². The van der Waals surface area contributed by atoms with Crippen molar-refractivity contribution in [3.05, 3.63) is 66.0 Å². The fraction of sp³-hybridized carbons (Fsp3) is 0.211. The van der Waals surface area contributed by atoms with Crippen molar-refractivity contribution >= 4 is 12.4 Å². The van der Waals surface area contributed by atoms with Crippen LogP contribution in [-0.2, 0) is 10.3 Å². The highest BCUT2D eigenvalue weighted by Crippen LogP contribution is 2.41. The van der Waals surface area contributed by atoms with Crippen LogP contribution in [-0.4, -0.2) is 50.6 Å². The summed E-state index contributed by atoms with van der Waals surface area (Å²) < 4.78 is 47.0. The molecule has 0 saturated heterocycles. The van der Waals surface area contributed by atoms with E-state index >= 15 is 0 Å². The van der Waals surface area contributed by atoms with Gasteiger partial charge in [0.05, 0.1) is 6.61 Å². The lowest BCUT2D eigenvalue weighted by Gasteiger charge is -2.38. The number of nitrogens with one attached hydrogen (secondary N) is 2. The molecule has 4 rings (SSSR count). The summed E-state index contributed by atoms with van der Waals surface area (Å²) in [5, 5.41) is 17.1. The number of alkyl halides is 3. The van der Waals surface area contributed by atoms with Crippen LogP contribution in [0.3, 0.4) is 0 Å². The van der Waals surface area contributed by atoms with Crippen LogP contribution in [0.15, 0.2) is 48.9 Å². The van der Waals surface area contributed by atoms with Gasteiger partial charge in [-0.25, -0.2) is 0 Å². The molecular formula is C19H16F3N5O5. The molecule has 168 valence electrons. The van der Waals surface area contributed by atoms with Crippen molar-refractivity contribution in [3.8, 4) is 11.5 Å². The summed E-state index contributed by atoms with van der Waals surface area (Å²) in [6.45, 7) is 0.0101. The molecule has 0 fully saturated rings. The summed E-state index contributed by atoms with van der Waals surface area (Å²) in [6.07, 6.45) is -1.69. The first kappa shape index (κ1) is 22.5. The second-order valence-corrected chi connectivity index (χ2v) is 6.32. The Kier molecular flexibility index (Phi) is 6.56. The Balaban J connectivity index is 0.000000913. The third-order valence-corrected chi connectivity index (χ3v) is 4.45. The quantitative estimate of drug-likeness (QED) is 0.514. The molecule has 1 atom stereocenters. The number of halogens is 3. The molecule has 0 aliphatic carbocycles. The van der Waals surface area contributed by atoms with Crippen LogP contribution in [0.25, 0.3) is 0 Å². The lowest BCUT2D eigenvalue weighted by Crippen LogP contribution is -2.50. The van der Waals surface area contributed by atoms with E-state index in [-0.39, 0.29) is 24.7 Å². The topological polar surface area (TPSA) is 139 Å². The molecule has 1 amide bonds. The maximum absolute atomic E-state index is 12.7. The zero-order valence-electron chi connectivity index (χ0n) is 16.2. The number of pyridine rings is 1. The van der Waals surface area contributed by atoms with Gasteiger partial charge in [-0.15, -0.1) is 23.4 Å². The molecule has 3 N–H and O–H groups in total. The molecule has 0 saturated carbocycles. The average Bonchev–Trinajstić information content (AvgIpc) is 3.29. The summed E-state index contributed by atoms with van der Waals surface area (Å²) in [6, 6.07) is 8.66. The number of aromatic amines is 1. The van der Waals surface area contributed by atoms with E-state index in [1.54, 1.807) is 18.3 Å². The number of nitrogens with zero attached hydrogens (tertiary/aromatic N) is 3. The van der Waals surface area contributed by atoms with Gasteiger partial charge in [-0.2, -0.15) is 0 Å². The van der Waals surface area contributed by atoms with Gasteiger partial charge in [0, 0.05) is 12.6 Å². The maximum atomic E-state index is 12.7. The van der Waals surface area contributed by atoms with Crippen molar-refractivity contribution in [1.29, 1.82) is 0 Å². The molecule has 0 radical (unpaired) electrons. The number of ether oxygens (including phenoxy) is 2. The first-order chi connectivity index (χ1) is 15.3. The predicted octanol–water partition coefficient (Wildman–Crippen LogP) is 2.26. The largest absolute Gasteiger partial charge is 0.573 e. The molecule has 10 nitrogen and oxygen atoms in total. The highest BCUT2D eigenvalue weighted by Gasteiger charge is 2.43. The number of hydrogen-bond donors (Lipinski definition) is 3. The molecule has 2 aromatic heterocycles. The van der Waals surface area contributed by atoms with Crippen molar-refractivity contribution in [2.24, 2.45) is 0 Å². The first-order valence-electron chi connectivity index (χ1n) is 9.00. The van der Waals surface area contributed by atoms with Crippen LogP contribution < -0.4 is 14.8 Å². The summed E-state index contributed by atoms with van der Waals surface area (Å²) >= 11 is 0. The van der Waals surface area contributed by atoms with Crippen LogP contribution in [0.2, 0.25) is 0 Å². The third-order valence-electron chi connectivity index (χ3n) is 4.45. The van der Waals surface area contributed by atoms with E-state index in [1.165, 1.54) is 30.6 Å². The van der Waals surface area contributed by atoms with E-state index in [1.807, 2.05) is 0 Å². The lowest BCUT2D eigenvalue weighted by molar-refractivity contribution is -0.274. The molecular weight excluding hydrogens is 435 g/mol. The summed E-state index contributed by atoms with van der Waals surface area (Å²) in [4.78, 5) is 28.1. The standard InChI is InChI=1S/C18H14F3N5O3.CH2O2/c19-18(20,21)29-12-5-3-11(4-6-12)17(25-16(27)15-23-10-24-26-15)7-9-28-13-2-1-8-22-14(13)17;2-1-3/h1-6,8,10H,7,9H2,(H,25,27)(H,23,24,26);1H,(H,2,3). The second-order valence-electron chi connectivity index (χ2n) is 6.32. The summed E-state index contributed by atoms with van der Waals surface area (Å²) in [5.74, 6) is -0.458. The van der Waals surface area contributed by atoms with Gasteiger partial charge < -0.3 is 24.9 Å². The zero-order valence-corrected chi connectivity index (χ0v) is 16.2. The number of benzene rings is 1. The van der Waals surface area contributed by atoms with Gasteiger partial charge >= 0.3 is 6.36 Å². The molecule has 13 heteroatoms. The molecule has 1 unspecified atom stereocenters. The van der Waals surface area contributed by atoms with E-state index in [0.29, 0.717) is 23.4 Å². The Morgan fingerprint density at radius 1 is 1.28 bits per heavy atom. The Labute approximate surface area is 178 Å². The summed E-state index contributed by atoms with van der Waals surface area (Å²) in [7, 11) is 0. The van der Waals surface area contributed by atoms with Crippen LogP contribution >= 0.6 is 0 Å². The Bertz CT molecular complexity index is 1060. The highest BCUT2D eigenvalue weighted by atomic mass is 19.4. The second kappa shape index (κ2) is 9.32. The molecule has 0 bridgehead atoms. The normalized spacial score (nSPS) is 17.1. The number of aromatic nitrogens is 4. The summed E-state index contributed by atoms with van der Waals surface area (Å²) in [5.41, 5.74) is -0.193. The first-order valence-corrected chi connectivity index (χ1v) is 9.00. The van der Waals surface area contributed by atoms with Crippen LogP contribution in [0.4, 0.5) is 13.2 Å². The van der Waals surface area contributed by atoms with Crippen molar-refractivity contribution < 1.29 is 37.3 Å². The minimum absolute atomic E-state index is 0.00891. The number of amides is 1. The number of hydrogen-bond acceptors (Lipinski definition) is 7. The molecule has 1 aromatic carbocycles. The Hall–Kier alpha value is -4.16. The van der Waals surface area contributed by atoms with Gasteiger partial charge in [-0.3, -0.25) is 14.6 Å². The van der Waals surface area contributed by atoms with E-state index in [9.17, 15) is 18.0 Å². The molecule has 32 heavy (non-hydrogen) atoms. The predicted molar refractivity (Wildman–Crippen MR) is 101 cm³/mol. The smallest absolute Gasteiger partial charge is 0.491 e. The minimum Gasteiger partial charge on any atom is -0.491 e. The van der Waals surface area contributed by atoms with E-state index in [2.05, 4.69) is 30.2 Å². The number of carbonyl (C=O) groups is 2. The number of rotatable bonds is 4. The average molecular weight is 451 g/mol. The van der Waals surface area contributed by atoms with Crippen molar-refractivity contribution in [2.75, 3.05) is 6.61 Å². The van der Waals surface area contributed by atoms with Gasteiger partial charge in [-0.1, -0.05) is 12.1 Å². The monoisotopic (exact) mass is 451 g/mol. The molecule has 0 spiro atoms. The zero-order chi connectivity index (χ0) is 23.2. The van der Waals surface area contributed by atoms with Crippen LogP contribution in [0.5, 0.6) is 11.5 Å². The van der Waals surface area contributed by atoms with Gasteiger partial charge in [-0.05, 0) is 29.8 Å². The Morgan fingerprint density at radius 3 is 2.62 bits per heavy atom. The van der Waals surface area contributed by atoms with Gasteiger partial charge in [0.15, 0.2) is 0 Å². The van der Waals surface area contributed by atoms with E-state index < -0.39 is 17.8 Å². The van der Waals surface area contributed by atoms with Crippen molar-refractivity contribution in [1.82, 2.24) is 25.5 Å². The SMILES string of the molecule is O=C(NC1(c2ccc(OC(F)(F)F)cc2)CCOc2cccnc21)c1nnc[nH]1.O=CO. The van der Waals surface area contributed by atoms with Gasteiger partial charge in [0.2, 0.25) is 5.82 Å². The maximum Gasteiger partial charge on any atom is 0.573 e. The number of H-pyrrole nitrogens is 1.